The summed E-state index contributed by atoms with van der Waals surface area (Å²) in [5.74, 6) is 0.507. The van der Waals surface area contributed by atoms with Crippen LogP contribution in [0.4, 0.5) is 0 Å². The first-order chi connectivity index (χ1) is 6.16. The van der Waals surface area contributed by atoms with Crippen molar-refractivity contribution in [3.8, 4) is 0 Å². The fourth-order valence-electron chi connectivity index (χ4n) is 1.49. The predicted molar refractivity (Wildman–Crippen MR) is 52.7 cm³/mol. The summed E-state index contributed by atoms with van der Waals surface area (Å²) in [6.07, 6.45) is 3.92. The van der Waals surface area contributed by atoms with E-state index in [1.165, 1.54) is 7.11 Å². The first-order valence-electron chi connectivity index (χ1n) is 4.41. The summed E-state index contributed by atoms with van der Waals surface area (Å²) in [7, 11) is 1.32. The number of carbonyl (C=O) groups excluding carboxylic acids is 1. The molecule has 1 atom stereocenters. The third-order valence-corrected chi connectivity index (χ3v) is 3.31. The molecule has 0 aliphatic heterocycles. The van der Waals surface area contributed by atoms with Crippen molar-refractivity contribution in [2.75, 3.05) is 19.1 Å². The van der Waals surface area contributed by atoms with Crippen LogP contribution >= 0.6 is 11.8 Å². The molecule has 0 amide bonds. The van der Waals surface area contributed by atoms with Crippen molar-refractivity contribution < 1.29 is 14.6 Å². The summed E-state index contributed by atoms with van der Waals surface area (Å²) in [6.45, 7) is 0. The summed E-state index contributed by atoms with van der Waals surface area (Å²) >= 11 is 1.74. The Kier molecular flexibility index (Phi) is 3.62. The van der Waals surface area contributed by atoms with Gasteiger partial charge in [0.15, 0.2) is 6.10 Å². The van der Waals surface area contributed by atoms with E-state index < -0.39 is 12.1 Å². The van der Waals surface area contributed by atoms with Gasteiger partial charge in [0.2, 0.25) is 0 Å². The second kappa shape index (κ2) is 4.33. The van der Waals surface area contributed by atoms with Gasteiger partial charge in [0.1, 0.15) is 0 Å². The highest BCUT2D eigenvalue weighted by molar-refractivity contribution is 7.98. The van der Waals surface area contributed by atoms with E-state index >= 15 is 0 Å². The van der Waals surface area contributed by atoms with Crippen LogP contribution in [0.15, 0.2) is 0 Å². The van der Waals surface area contributed by atoms with E-state index in [1.807, 2.05) is 6.26 Å². The Labute approximate surface area is 82.8 Å². The Morgan fingerprint density at radius 3 is 2.69 bits per heavy atom. The number of aliphatic hydroxyl groups is 1. The SMILES string of the molecule is COC(=O)C(O)C1(CCSC)CC1. The van der Waals surface area contributed by atoms with Gasteiger partial charge in [-0.25, -0.2) is 4.79 Å². The minimum atomic E-state index is -0.912. The first-order valence-corrected chi connectivity index (χ1v) is 5.80. The van der Waals surface area contributed by atoms with Crippen molar-refractivity contribution in [3.63, 3.8) is 0 Å². The van der Waals surface area contributed by atoms with Crippen LogP contribution in [0.3, 0.4) is 0 Å². The van der Waals surface area contributed by atoms with E-state index in [0.717, 1.165) is 25.0 Å². The Hall–Kier alpha value is -0.220. The number of methoxy groups -OCH3 is 1. The van der Waals surface area contributed by atoms with E-state index in [9.17, 15) is 9.90 Å². The highest BCUT2D eigenvalue weighted by atomic mass is 32.2. The highest BCUT2D eigenvalue weighted by Crippen LogP contribution is 2.52. The van der Waals surface area contributed by atoms with Crippen LogP contribution in [0, 0.1) is 5.41 Å². The van der Waals surface area contributed by atoms with Crippen molar-refractivity contribution >= 4 is 17.7 Å². The van der Waals surface area contributed by atoms with Crippen LogP contribution in [-0.2, 0) is 9.53 Å². The number of carbonyl (C=O) groups is 1. The monoisotopic (exact) mass is 204 g/mol. The van der Waals surface area contributed by atoms with Crippen LogP contribution < -0.4 is 0 Å². The molecule has 1 unspecified atom stereocenters. The van der Waals surface area contributed by atoms with Crippen molar-refractivity contribution in [2.24, 2.45) is 5.41 Å². The fraction of sp³-hybridized carbons (Fsp3) is 0.889. The van der Waals surface area contributed by atoms with Crippen LogP contribution in [0.5, 0.6) is 0 Å². The van der Waals surface area contributed by atoms with Crippen molar-refractivity contribution in [2.45, 2.75) is 25.4 Å². The molecule has 0 saturated heterocycles. The Morgan fingerprint density at radius 1 is 1.69 bits per heavy atom. The molecule has 1 rings (SSSR count). The number of thioether (sulfide) groups is 1. The summed E-state index contributed by atoms with van der Waals surface area (Å²) < 4.78 is 4.52. The molecular weight excluding hydrogens is 188 g/mol. The number of esters is 1. The van der Waals surface area contributed by atoms with Gasteiger partial charge in [0, 0.05) is 5.41 Å². The fourth-order valence-corrected chi connectivity index (χ4v) is 2.10. The number of hydrogen-bond acceptors (Lipinski definition) is 4. The number of rotatable bonds is 5. The molecule has 1 N–H and O–H groups in total. The lowest BCUT2D eigenvalue weighted by Crippen LogP contribution is -2.32. The van der Waals surface area contributed by atoms with Crippen LogP contribution in [0.25, 0.3) is 0 Å². The van der Waals surface area contributed by atoms with E-state index in [4.69, 9.17) is 0 Å². The molecule has 13 heavy (non-hydrogen) atoms. The second-order valence-electron chi connectivity index (χ2n) is 3.53. The smallest absolute Gasteiger partial charge is 0.335 e. The van der Waals surface area contributed by atoms with Gasteiger partial charge in [0.05, 0.1) is 7.11 Å². The molecule has 4 heteroatoms. The van der Waals surface area contributed by atoms with Crippen LogP contribution in [0.2, 0.25) is 0 Å². The molecule has 1 aliphatic rings. The number of hydrogen-bond donors (Lipinski definition) is 1. The second-order valence-corrected chi connectivity index (χ2v) is 4.52. The molecule has 0 bridgehead atoms. The molecular formula is C9H16O3S. The van der Waals surface area contributed by atoms with Gasteiger partial charge in [-0.1, -0.05) is 0 Å². The number of aliphatic hydroxyl groups excluding tert-OH is 1. The molecule has 0 radical (unpaired) electrons. The molecule has 0 heterocycles. The lowest BCUT2D eigenvalue weighted by atomic mass is 9.96. The average Bonchev–Trinajstić information content (AvgIpc) is 2.93. The molecule has 1 saturated carbocycles. The van der Waals surface area contributed by atoms with Gasteiger partial charge in [-0.15, -0.1) is 0 Å². The number of ether oxygens (including phenoxy) is 1. The quantitative estimate of drug-likeness (QED) is 0.680. The maximum absolute atomic E-state index is 11.1. The van der Waals surface area contributed by atoms with Gasteiger partial charge < -0.3 is 9.84 Å². The predicted octanol–water partition coefficient (Wildman–Crippen LogP) is 1.05. The van der Waals surface area contributed by atoms with Crippen molar-refractivity contribution in [3.05, 3.63) is 0 Å². The van der Waals surface area contributed by atoms with Gasteiger partial charge in [0.25, 0.3) is 0 Å². The molecule has 0 spiro atoms. The lowest BCUT2D eigenvalue weighted by Gasteiger charge is -2.19. The van der Waals surface area contributed by atoms with Gasteiger partial charge in [-0.05, 0) is 31.3 Å². The molecule has 1 fully saturated rings. The maximum Gasteiger partial charge on any atom is 0.335 e. The topological polar surface area (TPSA) is 46.5 Å². The van der Waals surface area contributed by atoms with E-state index in [-0.39, 0.29) is 5.41 Å². The molecule has 0 aromatic heterocycles. The zero-order chi connectivity index (χ0) is 9.90. The standard InChI is InChI=1S/C9H16O3S/c1-12-8(11)7(10)9(3-4-9)5-6-13-2/h7,10H,3-6H2,1-2H3. The summed E-state index contributed by atoms with van der Waals surface area (Å²) in [5, 5.41) is 9.65. The third kappa shape index (κ3) is 2.38. The summed E-state index contributed by atoms with van der Waals surface area (Å²) in [4.78, 5) is 11.1. The molecule has 0 aromatic rings. The van der Waals surface area contributed by atoms with Gasteiger partial charge in [-0.2, -0.15) is 11.8 Å². The van der Waals surface area contributed by atoms with Gasteiger partial charge >= 0.3 is 5.97 Å². The largest absolute Gasteiger partial charge is 0.467 e. The molecule has 1 aliphatic carbocycles. The summed E-state index contributed by atoms with van der Waals surface area (Å²) in [5.41, 5.74) is -0.157. The maximum atomic E-state index is 11.1. The molecule has 76 valence electrons. The first kappa shape index (κ1) is 10.9. The third-order valence-electron chi connectivity index (χ3n) is 2.70. The van der Waals surface area contributed by atoms with Crippen molar-refractivity contribution in [1.29, 1.82) is 0 Å². The Balaban J connectivity index is 2.44. The van der Waals surface area contributed by atoms with Gasteiger partial charge in [-0.3, -0.25) is 0 Å². The minimum absolute atomic E-state index is 0.157. The van der Waals surface area contributed by atoms with Crippen LogP contribution in [0.1, 0.15) is 19.3 Å². The van der Waals surface area contributed by atoms with Crippen molar-refractivity contribution in [1.82, 2.24) is 0 Å². The highest BCUT2D eigenvalue weighted by Gasteiger charge is 2.51. The molecule has 3 nitrogen and oxygen atoms in total. The van der Waals surface area contributed by atoms with Crippen LogP contribution in [-0.4, -0.2) is 36.3 Å². The normalized spacial score (nSPS) is 20.8. The van der Waals surface area contributed by atoms with E-state index in [1.54, 1.807) is 11.8 Å². The zero-order valence-corrected chi connectivity index (χ0v) is 8.89. The Bertz CT molecular complexity index is 189. The molecule has 0 aromatic carbocycles. The average molecular weight is 204 g/mol. The lowest BCUT2D eigenvalue weighted by molar-refractivity contribution is -0.154. The Morgan fingerprint density at radius 2 is 2.31 bits per heavy atom. The van der Waals surface area contributed by atoms with E-state index in [2.05, 4.69) is 4.74 Å². The minimum Gasteiger partial charge on any atom is -0.467 e. The summed E-state index contributed by atoms with van der Waals surface area (Å²) in [6, 6.07) is 0. The van der Waals surface area contributed by atoms with E-state index in [0.29, 0.717) is 0 Å². The zero-order valence-electron chi connectivity index (χ0n) is 8.08.